The Balaban J connectivity index is 1.44. The number of rotatable bonds is 3. The zero-order valence-electron chi connectivity index (χ0n) is 14.1. The number of aromatic nitrogens is 2. The predicted molar refractivity (Wildman–Crippen MR) is 91.2 cm³/mol. The summed E-state index contributed by atoms with van der Waals surface area (Å²) in [5.41, 5.74) is 2.91. The van der Waals surface area contributed by atoms with Crippen LogP contribution in [0.3, 0.4) is 0 Å². The fourth-order valence-electron chi connectivity index (χ4n) is 3.39. The van der Waals surface area contributed by atoms with Gasteiger partial charge in [0.05, 0.1) is 11.9 Å². The third-order valence-corrected chi connectivity index (χ3v) is 4.78. The van der Waals surface area contributed by atoms with Crippen molar-refractivity contribution in [2.75, 3.05) is 18.0 Å². The van der Waals surface area contributed by atoms with Crippen LogP contribution >= 0.6 is 0 Å². The van der Waals surface area contributed by atoms with E-state index in [1.807, 2.05) is 29.2 Å². The fraction of sp³-hybridized carbons (Fsp3) is 0.389. The number of carbonyl (C=O) groups excluding carboxylic acids is 2. The number of para-hydroxylation sites is 2. The number of ether oxygens (including phenoxy) is 1. The molecule has 0 aliphatic carbocycles. The highest BCUT2D eigenvalue weighted by Crippen LogP contribution is 2.33. The van der Waals surface area contributed by atoms with Gasteiger partial charge >= 0.3 is 0 Å². The largest absolute Gasteiger partial charge is 0.479 e. The molecule has 0 radical (unpaired) electrons. The van der Waals surface area contributed by atoms with Crippen LogP contribution in [0.4, 0.5) is 5.69 Å². The number of aromatic amines is 1. The van der Waals surface area contributed by atoms with E-state index in [0.29, 0.717) is 31.8 Å². The van der Waals surface area contributed by atoms with Gasteiger partial charge in [0.15, 0.2) is 6.10 Å². The summed E-state index contributed by atoms with van der Waals surface area (Å²) in [5.74, 6) is 0.626. The SMILES string of the molecule is CC1Oc2ccccc2N(CCC(=O)N2CCc3[nH]ncc3C2)C1=O. The van der Waals surface area contributed by atoms with Gasteiger partial charge in [-0.3, -0.25) is 14.7 Å². The molecular weight excluding hydrogens is 320 g/mol. The number of H-pyrrole nitrogens is 1. The van der Waals surface area contributed by atoms with Gasteiger partial charge in [0.1, 0.15) is 5.75 Å². The van der Waals surface area contributed by atoms with Crippen LogP contribution in [-0.2, 0) is 22.6 Å². The lowest BCUT2D eigenvalue weighted by Gasteiger charge is -2.33. The number of anilines is 1. The third kappa shape index (κ3) is 2.86. The highest BCUT2D eigenvalue weighted by molar-refractivity contribution is 6.00. The molecule has 7 nitrogen and oxygen atoms in total. The molecule has 25 heavy (non-hydrogen) atoms. The lowest BCUT2D eigenvalue weighted by Crippen LogP contribution is -2.46. The Morgan fingerprint density at radius 1 is 1.40 bits per heavy atom. The monoisotopic (exact) mass is 340 g/mol. The van der Waals surface area contributed by atoms with Crippen LogP contribution in [0.1, 0.15) is 24.6 Å². The number of hydrogen-bond donors (Lipinski definition) is 1. The van der Waals surface area contributed by atoms with E-state index in [2.05, 4.69) is 10.2 Å². The molecule has 4 rings (SSSR count). The second kappa shape index (κ2) is 6.23. The first-order valence-electron chi connectivity index (χ1n) is 8.49. The standard InChI is InChI=1S/C18H20N4O3/c1-12-18(24)22(15-4-2-3-5-16(15)25-12)9-7-17(23)21-8-6-14-13(11-21)10-19-20-14/h2-5,10,12H,6-9,11H2,1H3,(H,19,20). The van der Waals surface area contributed by atoms with Crippen molar-refractivity contribution in [3.8, 4) is 5.75 Å². The molecule has 0 saturated heterocycles. The molecule has 2 aliphatic rings. The van der Waals surface area contributed by atoms with E-state index < -0.39 is 6.10 Å². The number of benzene rings is 1. The van der Waals surface area contributed by atoms with Crippen LogP contribution in [0.15, 0.2) is 30.5 Å². The maximum atomic E-state index is 12.6. The summed E-state index contributed by atoms with van der Waals surface area (Å²) in [6.45, 7) is 3.35. The Morgan fingerprint density at radius 2 is 2.24 bits per heavy atom. The zero-order chi connectivity index (χ0) is 17.4. The first-order chi connectivity index (χ1) is 12.1. The Hall–Kier alpha value is -2.83. The molecule has 1 aromatic heterocycles. The zero-order valence-corrected chi connectivity index (χ0v) is 14.1. The van der Waals surface area contributed by atoms with Gasteiger partial charge < -0.3 is 14.5 Å². The molecule has 0 fully saturated rings. The lowest BCUT2D eigenvalue weighted by molar-refractivity contribution is -0.132. The average Bonchev–Trinajstić information content (AvgIpc) is 3.09. The van der Waals surface area contributed by atoms with Gasteiger partial charge in [-0.2, -0.15) is 5.10 Å². The van der Waals surface area contributed by atoms with Crippen molar-refractivity contribution in [2.45, 2.75) is 32.4 Å². The first kappa shape index (κ1) is 15.7. The van der Waals surface area contributed by atoms with Crippen LogP contribution in [-0.4, -0.2) is 46.1 Å². The third-order valence-electron chi connectivity index (χ3n) is 4.78. The summed E-state index contributed by atoms with van der Waals surface area (Å²) in [6.07, 6.45) is 2.32. The van der Waals surface area contributed by atoms with E-state index in [1.165, 1.54) is 0 Å². The van der Waals surface area contributed by atoms with Gasteiger partial charge in [-0.05, 0) is 19.1 Å². The van der Waals surface area contributed by atoms with Crippen LogP contribution in [0.5, 0.6) is 5.75 Å². The average molecular weight is 340 g/mol. The molecule has 0 saturated carbocycles. The molecule has 7 heteroatoms. The molecule has 2 amide bonds. The quantitative estimate of drug-likeness (QED) is 0.918. The molecule has 1 unspecified atom stereocenters. The lowest BCUT2D eigenvalue weighted by atomic mass is 10.1. The molecule has 130 valence electrons. The number of nitrogens with one attached hydrogen (secondary N) is 1. The predicted octanol–water partition coefficient (Wildman–Crippen LogP) is 1.50. The van der Waals surface area contributed by atoms with Crippen molar-refractivity contribution in [2.24, 2.45) is 0 Å². The summed E-state index contributed by atoms with van der Waals surface area (Å²) < 4.78 is 5.63. The van der Waals surface area contributed by atoms with Gasteiger partial charge in [-0.25, -0.2) is 0 Å². The van der Waals surface area contributed by atoms with Crippen molar-refractivity contribution >= 4 is 17.5 Å². The van der Waals surface area contributed by atoms with Crippen LogP contribution in [0, 0.1) is 0 Å². The van der Waals surface area contributed by atoms with E-state index >= 15 is 0 Å². The number of carbonyl (C=O) groups is 2. The Kier molecular flexibility index (Phi) is 3.91. The molecule has 2 aromatic rings. The number of nitrogens with zero attached hydrogens (tertiary/aromatic N) is 3. The summed E-state index contributed by atoms with van der Waals surface area (Å²) >= 11 is 0. The van der Waals surface area contributed by atoms with Crippen molar-refractivity contribution in [3.05, 3.63) is 41.7 Å². The van der Waals surface area contributed by atoms with Gasteiger partial charge in [-0.1, -0.05) is 12.1 Å². The van der Waals surface area contributed by atoms with Gasteiger partial charge in [-0.15, -0.1) is 0 Å². The topological polar surface area (TPSA) is 78.5 Å². The highest BCUT2D eigenvalue weighted by atomic mass is 16.5. The van der Waals surface area contributed by atoms with Crippen molar-refractivity contribution in [3.63, 3.8) is 0 Å². The van der Waals surface area contributed by atoms with Crippen LogP contribution < -0.4 is 9.64 Å². The van der Waals surface area contributed by atoms with E-state index in [4.69, 9.17) is 4.74 Å². The maximum Gasteiger partial charge on any atom is 0.267 e. The molecule has 3 heterocycles. The minimum Gasteiger partial charge on any atom is -0.479 e. The molecule has 1 atom stereocenters. The van der Waals surface area contributed by atoms with Gasteiger partial charge in [0.25, 0.3) is 5.91 Å². The summed E-state index contributed by atoms with van der Waals surface area (Å²) in [4.78, 5) is 28.6. The van der Waals surface area contributed by atoms with Gasteiger partial charge in [0.2, 0.25) is 5.91 Å². The highest BCUT2D eigenvalue weighted by Gasteiger charge is 2.32. The van der Waals surface area contributed by atoms with E-state index in [1.54, 1.807) is 18.0 Å². The second-order valence-corrected chi connectivity index (χ2v) is 6.41. The molecule has 0 bridgehead atoms. The van der Waals surface area contributed by atoms with E-state index in [9.17, 15) is 9.59 Å². The Morgan fingerprint density at radius 3 is 3.12 bits per heavy atom. The second-order valence-electron chi connectivity index (χ2n) is 6.41. The van der Waals surface area contributed by atoms with Crippen LogP contribution in [0.2, 0.25) is 0 Å². The van der Waals surface area contributed by atoms with Crippen molar-refractivity contribution < 1.29 is 14.3 Å². The molecule has 1 N–H and O–H groups in total. The molecule has 1 aromatic carbocycles. The molecular formula is C18H20N4O3. The fourth-order valence-corrected chi connectivity index (χ4v) is 3.39. The summed E-state index contributed by atoms with van der Waals surface area (Å²) in [6, 6.07) is 7.44. The normalized spacial score (nSPS) is 19.2. The Labute approximate surface area is 145 Å². The molecule has 2 aliphatic heterocycles. The van der Waals surface area contributed by atoms with E-state index in [-0.39, 0.29) is 11.8 Å². The summed E-state index contributed by atoms with van der Waals surface area (Å²) in [7, 11) is 0. The van der Waals surface area contributed by atoms with E-state index in [0.717, 1.165) is 23.4 Å². The van der Waals surface area contributed by atoms with Crippen molar-refractivity contribution in [1.29, 1.82) is 0 Å². The Bertz CT molecular complexity index is 816. The van der Waals surface area contributed by atoms with Crippen molar-refractivity contribution in [1.82, 2.24) is 15.1 Å². The van der Waals surface area contributed by atoms with Crippen LogP contribution in [0.25, 0.3) is 0 Å². The minimum absolute atomic E-state index is 0.0521. The number of amides is 2. The maximum absolute atomic E-state index is 12.6. The first-order valence-corrected chi connectivity index (χ1v) is 8.49. The molecule has 0 spiro atoms. The van der Waals surface area contributed by atoms with Gasteiger partial charge in [0, 0.05) is 43.7 Å². The smallest absolute Gasteiger partial charge is 0.267 e. The summed E-state index contributed by atoms with van der Waals surface area (Å²) in [5, 5.41) is 7.00. The number of fused-ring (bicyclic) bond motifs is 2. The number of hydrogen-bond acceptors (Lipinski definition) is 4. The minimum atomic E-state index is -0.534.